The second kappa shape index (κ2) is 4.16. The van der Waals surface area contributed by atoms with E-state index in [9.17, 15) is 0 Å². The summed E-state index contributed by atoms with van der Waals surface area (Å²) in [6.45, 7) is 1.95. The third-order valence-corrected chi connectivity index (χ3v) is 3.15. The molecule has 0 N–H and O–H groups in total. The summed E-state index contributed by atoms with van der Waals surface area (Å²) in [5, 5.41) is 0. The quantitative estimate of drug-likeness (QED) is 0.742. The summed E-state index contributed by atoms with van der Waals surface area (Å²) in [4.78, 5) is 13.3. The van der Waals surface area contributed by atoms with Gasteiger partial charge in [0.1, 0.15) is 0 Å². The number of hydrogen-bond acceptors (Lipinski definition) is 3. The Morgan fingerprint density at radius 3 is 1.81 bits per heavy atom. The van der Waals surface area contributed by atoms with Crippen LogP contribution in [0.4, 0.5) is 0 Å². The molecule has 0 unspecified atom stereocenters. The van der Waals surface area contributed by atoms with Gasteiger partial charge in [-0.1, -0.05) is 0 Å². The minimum Gasteiger partial charge on any atom is -0.289 e. The van der Waals surface area contributed by atoms with Crippen LogP contribution < -0.4 is 0 Å². The van der Waals surface area contributed by atoms with Gasteiger partial charge in [0.05, 0.1) is 0 Å². The number of nitrogens with zero attached hydrogens (tertiary/aromatic N) is 3. The van der Waals surface area contributed by atoms with E-state index in [-0.39, 0.29) is 0 Å². The van der Waals surface area contributed by atoms with Crippen LogP contribution in [-0.4, -0.2) is 29.5 Å². The first-order valence-electron chi connectivity index (χ1n) is 5.96. The summed E-state index contributed by atoms with van der Waals surface area (Å²) in [5.74, 6) is 0. The van der Waals surface area contributed by atoms with Gasteiger partial charge in [-0.25, -0.2) is 0 Å². The maximum Gasteiger partial charge on any atom is 0.0436 e. The number of hydrogen-bond donors (Lipinski definition) is 0. The highest BCUT2D eigenvalue weighted by Gasteiger charge is 2.13. The molecule has 0 atom stereocenters. The summed E-state index contributed by atoms with van der Waals surface area (Å²) in [5.41, 5.74) is 4.80. The van der Waals surface area contributed by atoms with E-state index in [0.717, 1.165) is 25.9 Å². The predicted molar refractivity (Wildman–Crippen MR) is 65.5 cm³/mol. The fourth-order valence-electron chi connectivity index (χ4n) is 2.31. The highest BCUT2D eigenvalue weighted by Crippen LogP contribution is 2.17. The zero-order valence-electron chi connectivity index (χ0n) is 9.32. The first kappa shape index (κ1) is 9.70. The average molecular weight is 213 g/mol. The lowest BCUT2D eigenvalue weighted by Gasteiger charge is -2.04. The molecule has 0 aliphatic carbocycles. The molecular weight excluding hydrogens is 198 g/mol. The summed E-state index contributed by atoms with van der Waals surface area (Å²) in [6.07, 6.45) is 8.39. The monoisotopic (exact) mass is 213 g/mol. The highest BCUT2D eigenvalue weighted by molar-refractivity contribution is 6.05. The van der Waals surface area contributed by atoms with Crippen molar-refractivity contribution in [3.8, 4) is 0 Å². The Balaban J connectivity index is 1.93. The van der Waals surface area contributed by atoms with E-state index in [4.69, 9.17) is 0 Å². The van der Waals surface area contributed by atoms with Crippen LogP contribution in [0.2, 0.25) is 0 Å². The summed E-state index contributed by atoms with van der Waals surface area (Å²) >= 11 is 0. The van der Waals surface area contributed by atoms with Gasteiger partial charge in [0.25, 0.3) is 0 Å². The minimum atomic E-state index is 0.973. The molecule has 3 nitrogen and oxygen atoms in total. The van der Waals surface area contributed by atoms with Crippen molar-refractivity contribution in [2.75, 3.05) is 13.1 Å². The van der Waals surface area contributed by atoms with Crippen LogP contribution in [0.3, 0.4) is 0 Å². The van der Waals surface area contributed by atoms with E-state index in [1.807, 2.05) is 12.4 Å². The van der Waals surface area contributed by atoms with Crippen LogP contribution in [-0.2, 0) is 0 Å². The lowest BCUT2D eigenvalue weighted by Crippen LogP contribution is -2.02. The van der Waals surface area contributed by atoms with Crippen LogP contribution in [0.5, 0.6) is 0 Å². The topological polar surface area (TPSA) is 37.6 Å². The number of aliphatic imine (C=N–C) groups is 2. The summed E-state index contributed by atoms with van der Waals surface area (Å²) in [7, 11) is 0. The first-order valence-corrected chi connectivity index (χ1v) is 5.96. The smallest absolute Gasteiger partial charge is 0.0436 e. The van der Waals surface area contributed by atoms with Gasteiger partial charge in [-0.05, 0) is 31.7 Å². The lowest BCUT2D eigenvalue weighted by molar-refractivity contribution is 0.950. The van der Waals surface area contributed by atoms with Gasteiger partial charge in [-0.2, -0.15) is 0 Å². The molecule has 1 aromatic heterocycles. The Morgan fingerprint density at radius 2 is 1.38 bits per heavy atom. The van der Waals surface area contributed by atoms with E-state index in [1.165, 1.54) is 35.4 Å². The molecule has 16 heavy (non-hydrogen) atoms. The molecule has 0 amide bonds. The van der Waals surface area contributed by atoms with E-state index in [2.05, 4.69) is 21.0 Å². The van der Waals surface area contributed by atoms with Gasteiger partial charge in [-0.3, -0.25) is 15.0 Å². The van der Waals surface area contributed by atoms with Crippen LogP contribution in [0.15, 0.2) is 28.4 Å². The fraction of sp³-hybridized carbons (Fsp3) is 0.462. The van der Waals surface area contributed by atoms with Crippen molar-refractivity contribution in [2.24, 2.45) is 9.98 Å². The second-order valence-corrected chi connectivity index (χ2v) is 4.33. The number of rotatable bonds is 2. The van der Waals surface area contributed by atoms with Crippen molar-refractivity contribution >= 4 is 11.4 Å². The molecule has 0 aromatic carbocycles. The molecule has 0 radical (unpaired) electrons. The largest absolute Gasteiger partial charge is 0.289 e. The fourth-order valence-corrected chi connectivity index (χ4v) is 2.31. The molecule has 3 rings (SSSR count). The normalized spacial score (nSPS) is 19.8. The van der Waals surface area contributed by atoms with Crippen molar-refractivity contribution in [3.05, 3.63) is 29.6 Å². The van der Waals surface area contributed by atoms with Crippen molar-refractivity contribution in [1.29, 1.82) is 0 Å². The van der Waals surface area contributed by atoms with E-state index in [0.29, 0.717) is 0 Å². The molecule has 3 heterocycles. The zero-order valence-corrected chi connectivity index (χ0v) is 9.32. The molecule has 0 bridgehead atoms. The van der Waals surface area contributed by atoms with E-state index in [1.54, 1.807) is 0 Å². The highest BCUT2D eigenvalue weighted by atomic mass is 14.8. The second-order valence-electron chi connectivity index (χ2n) is 4.33. The maximum atomic E-state index is 4.51. The molecule has 1 aromatic rings. The molecule has 0 saturated carbocycles. The third kappa shape index (κ3) is 1.77. The lowest BCUT2D eigenvalue weighted by atomic mass is 10.0. The Labute approximate surface area is 95.3 Å². The zero-order chi connectivity index (χ0) is 10.8. The SMILES string of the molecule is c1ncc(C2=NCCC2)cc1C1=NCCC1. The van der Waals surface area contributed by atoms with Crippen molar-refractivity contribution < 1.29 is 0 Å². The summed E-state index contributed by atoms with van der Waals surface area (Å²) in [6, 6.07) is 2.20. The van der Waals surface area contributed by atoms with Gasteiger partial charge < -0.3 is 0 Å². The maximum absolute atomic E-state index is 4.51. The molecular formula is C13H15N3. The first-order chi connectivity index (χ1) is 7.93. The molecule has 0 fully saturated rings. The molecule has 2 aliphatic heterocycles. The molecule has 0 spiro atoms. The molecule has 0 saturated heterocycles. The predicted octanol–water partition coefficient (Wildman–Crippen LogP) is 2.25. The van der Waals surface area contributed by atoms with Crippen molar-refractivity contribution in [2.45, 2.75) is 25.7 Å². The van der Waals surface area contributed by atoms with Crippen LogP contribution in [0.1, 0.15) is 36.8 Å². The van der Waals surface area contributed by atoms with Crippen molar-refractivity contribution in [3.63, 3.8) is 0 Å². The Kier molecular flexibility index (Phi) is 2.52. The van der Waals surface area contributed by atoms with Crippen LogP contribution in [0.25, 0.3) is 0 Å². The molecule has 2 aliphatic rings. The van der Waals surface area contributed by atoms with E-state index >= 15 is 0 Å². The van der Waals surface area contributed by atoms with Gasteiger partial charge in [0.2, 0.25) is 0 Å². The molecule has 3 heteroatoms. The Hall–Kier alpha value is -1.51. The number of aromatic nitrogens is 1. The molecule has 82 valence electrons. The van der Waals surface area contributed by atoms with Crippen LogP contribution >= 0.6 is 0 Å². The third-order valence-electron chi connectivity index (χ3n) is 3.15. The van der Waals surface area contributed by atoms with Gasteiger partial charge >= 0.3 is 0 Å². The summed E-state index contributed by atoms with van der Waals surface area (Å²) < 4.78 is 0. The average Bonchev–Trinajstić information content (AvgIpc) is 3.03. The van der Waals surface area contributed by atoms with Crippen LogP contribution in [0, 0.1) is 0 Å². The Bertz CT molecular complexity index is 421. The number of pyridine rings is 1. The van der Waals surface area contributed by atoms with Gasteiger partial charge in [-0.15, -0.1) is 0 Å². The van der Waals surface area contributed by atoms with Gasteiger partial charge in [0, 0.05) is 48.0 Å². The Morgan fingerprint density at radius 1 is 0.812 bits per heavy atom. The standard InChI is InChI=1S/C13H15N3/c1-3-12(15-5-1)10-7-11(9-14-8-10)13-4-2-6-16-13/h7-9H,1-6H2. The van der Waals surface area contributed by atoms with Gasteiger partial charge in [0.15, 0.2) is 0 Å². The minimum absolute atomic E-state index is 0.973. The van der Waals surface area contributed by atoms with E-state index < -0.39 is 0 Å². The van der Waals surface area contributed by atoms with Crippen molar-refractivity contribution in [1.82, 2.24) is 4.98 Å².